The highest BCUT2D eigenvalue weighted by Gasteiger charge is 2.28. The predicted molar refractivity (Wildman–Crippen MR) is 45.2 cm³/mol. The van der Waals surface area contributed by atoms with Crippen LogP contribution in [0.5, 0.6) is 0 Å². The number of nitrogens with one attached hydrogen (secondary N) is 1. The highest BCUT2D eigenvalue weighted by atomic mass is 32.2. The molecule has 12 heavy (non-hydrogen) atoms. The summed E-state index contributed by atoms with van der Waals surface area (Å²) in [6, 6.07) is 1.75. The van der Waals surface area contributed by atoms with E-state index in [0.29, 0.717) is 0 Å². The molecule has 0 aliphatic carbocycles. The van der Waals surface area contributed by atoms with Gasteiger partial charge in [0, 0.05) is 13.1 Å². The first-order valence-electron chi connectivity index (χ1n) is 3.88. The second kappa shape index (κ2) is 3.42. The first kappa shape index (κ1) is 9.49. The van der Waals surface area contributed by atoms with Gasteiger partial charge in [0.25, 0.3) is 0 Å². The number of hydrogen-bond acceptors (Lipinski definition) is 4. The summed E-state index contributed by atoms with van der Waals surface area (Å²) in [7, 11) is -3.17. The van der Waals surface area contributed by atoms with Gasteiger partial charge in [0.05, 0.1) is 11.8 Å². The Kier molecular flexibility index (Phi) is 2.70. The topological polar surface area (TPSA) is 70.0 Å². The Bertz CT molecular complexity index is 287. The molecule has 0 aromatic heterocycles. The first-order valence-corrected chi connectivity index (χ1v) is 5.59. The van der Waals surface area contributed by atoms with E-state index in [1.54, 1.807) is 6.07 Å². The van der Waals surface area contributed by atoms with E-state index in [9.17, 15) is 8.42 Å². The van der Waals surface area contributed by atoms with Crippen LogP contribution in [0, 0.1) is 17.2 Å². The Balaban J connectivity index is 2.54. The van der Waals surface area contributed by atoms with Gasteiger partial charge in [0.2, 0.25) is 0 Å². The standard InChI is InChI=1S/C7H12N2O2S/c1-6(2-8)12(10,11)5-7-3-9-4-7/h6-7,9H,3-5H2,1H3. The van der Waals surface area contributed by atoms with E-state index in [1.807, 2.05) is 0 Å². The Hall–Kier alpha value is -0.600. The molecular weight excluding hydrogens is 176 g/mol. The zero-order valence-electron chi connectivity index (χ0n) is 6.95. The zero-order valence-corrected chi connectivity index (χ0v) is 7.76. The van der Waals surface area contributed by atoms with Gasteiger partial charge in [0.1, 0.15) is 5.25 Å². The van der Waals surface area contributed by atoms with Crippen molar-refractivity contribution < 1.29 is 8.42 Å². The van der Waals surface area contributed by atoms with Crippen LogP contribution in [0.1, 0.15) is 6.92 Å². The summed E-state index contributed by atoms with van der Waals surface area (Å²) in [6.45, 7) is 2.95. The summed E-state index contributed by atoms with van der Waals surface area (Å²) < 4.78 is 22.6. The molecule has 1 saturated heterocycles. The molecule has 0 radical (unpaired) electrons. The second-order valence-electron chi connectivity index (χ2n) is 3.13. The van der Waals surface area contributed by atoms with Crippen LogP contribution in [-0.4, -0.2) is 32.5 Å². The molecule has 68 valence electrons. The molecule has 1 aliphatic heterocycles. The van der Waals surface area contributed by atoms with E-state index >= 15 is 0 Å². The summed E-state index contributed by atoms with van der Waals surface area (Å²) >= 11 is 0. The lowest BCUT2D eigenvalue weighted by atomic mass is 10.1. The summed E-state index contributed by atoms with van der Waals surface area (Å²) in [6.07, 6.45) is 0. The van der Waals surface area contributed by atoms with Crippen molar-refractivity contribution in [2.45, 2.75) is 12.2 Å². The largest absolute Gasteiger partial charge is 0.316 e. The van der Waals surface area contributed by atoms with Crippen molar-refractivity contribution >= 4 is 9.84 Å². The van der Waals surface area contributed by atoms with Gasteiger partial charge in [-0.05, 0) is 12.8 Å². The van der Waals surface area contributed by atoms with Gasteiger partial charge in [-0.1, -0.05) is 0 Å². The molecule has 1 heterocycles. The lowest BCUT2D eigenvalue weighted by molar-refractivity contribution is 0.378. The molecule has 0 aromatic carbocycles. The Labute approximate surface area is 72.5 Å². The molecule has 0 spiro atoms. The lowest BCUT2D eigenvalue weighted by Gasteiger charge is -2.26. The molecule has 1 unspecified atom stereocenters. The van der Waals surface area contributed by atoms with Crippen LogP contribution in [-0.2, 0) is 9.84 Å². The second-order valence-corrected chi connectivity index (χ2v) is 5.49. The number of nitriles is 1. The third kappa shape index (κ3) is 1.96. The maximum atomic E-state index is 11.3. The highest BCUT2D eigenvalue weighted by molar-refractivity contribution is 7.92. The first-order chi connectivity index (χ1) is 5.56. The minimum Gasteiger partial charge on any atom is -0.316 e. The third-order valence-electron chi connectivity index (χ3n) is 2.05. The molecule has 0 aromatic rings. The van der Waals surface area contributed by atoms with Crippen molar-refractivity contribution in [3.05, 3.63) is 0 Å². The van der Waals surface area contributed by atoms with E-state index in [1.165, 1.54) is 6.92 Å². The van der Waals surface area contributed by atoms with Crippen LogP contribution in [0.4, 0.5) is 0 Å². The fourth-order valence-corrected chi connectivity index (χ4v) is 2.36. The minimum absolute atomic E-state index is 0.148. The molecule has 0 bridgehead atoms. The van der Waals surface area contributed by atoms with Gasteiger partial charge >= 0.3 is 0 Å². The number of nitrogens with zero attached hydrogens (tertiary/aromatic N) is 1. The third-order valence-corrected chi connectivity index (χ3v) is 4.17. The van der Waals surface area contributed by atoms with Crippen LogP contribution in [0.2, 0.25) is 0 Å². The molecule has 0 saturated carbocycles. The lowest BCUT2D eigenvalue weighted by Crippen LogP contribution is -2.46. The van der Waals surface area contributed by atoms with Crippen molar-refractivity contribution in [2.75, 3.05) is 18.8 Å². The summed E-state index contributed by atoms with van der Waals surface area (Å²) in [5, 5.41) is 10.6. The van der Waals surface area contributed by atoms with Crippen molar-refractivity contribution in [1.82, 2.24) is 5.32 Å². The monoisotopic (exact) mass is 188 g/mol. The molecular formula is C7H12N2O2S. The Morgan fingerprint density at radius 3 is 2.58 bits per heavy atom. The van der Waals surface area contributed by atoms with Gasteiger partial charge in [-0.25, -0.2) is 8.42 Å². The van der Waals surface area contributed by atoms with Crippen molar-refractivity contribution in [3.63, 3.8) is 0 Å². The molecule has 1 N–H and O–H groups in total. The number of rotatable bonds is 3. The molecule has 1 rings (SSSR count). The van der Waals surface area contributed by atoms with Crippen molar-refractivity contribution in [3.8, 4) is 6.07 Å². The molecule has 1 aliphatic rings. The van der Waals surface area contributed by atoms with Gasteiger partial charge in [-0.3, -0.25) is 0 Å². The van der Waals surface area contributed by atoms with E-state index in [-0.39, 0.29) is 11.7 Å². The van der Waals surface area contributed by atoms with Crippen LogP contribution in [0.25, 0.3) is 0 Å². The van der Waals surface area contributed by atoms with E-state index < -0.39 is 15.1 Å². The van der Waals surface area contributed by atoms with Crippen LogP contribution >= 0.6 is 0 Å². The fraction of sp³-hybridized carbons (Fsp3) is 0.857. The molecule has 1 atom stereocenters. The number of sulfone groups is 1. The van der Waals surface area contributed by atoms with Gasteiger partial charge < -0.3 is 5.32 Å². The summed E-state index contributed by atoms with van der Waals surface area (Å²) in [5.41, 5.74) is 0. The average molecular weight is 188 g/mol. The predicted octanol–water partition coefficient (Wildman–Crippen LogP) is -0.467. The van der Waals surface area contributed by atoms with Gasteiger partial charge in [0.15, 0.2) is 9.84 Å². The van der Waals surface area contributed by atoms with Crippen molar-refractivity contribution in [1.29, 1.82) is 5.26 Å². The van der Waals surface area contributed by atoms with E-state index in [4.69, 9.17) is 5.26 Å². The fourth-order valence-electron chi connectivity index (χ4n) is 1.02. The summed E-state index contributed by atoms with van der Waals surface area (Å²) in [4.78, 5) is 0. The smallest absolute Gasteiger partial charge is 0.166 e. The van der Waals surface area contributed by atoms with Crippen LogP contribution in [0.3, 0.4) is 0 Å². The minimum atomic E-state index is -3.17. The quantitative estimate of drug-likeness (QED) is 0.650. The van der Waals surface area contributed by atoms with Gasteiger partial charge in [-0.2, -0.15) is 5.26 Å². The van der Waals surface area contributed by atoms with E-state index in [0.717, 1.165) is 13.1 Å². The maximum absolute atomic E-state index is 11.3. The molecule has 5 heteroatoms. The van der Waals surface area contributed by atoms with Gasteiger partial charge in [-0.15, -0.1) is 0 Å². The Morgan fingerprint density at radius 1 is 1.67 bits per heavy atom. The Morgan fingerprint density at radius 2 is 2.25 bits per heavy atom. The maximum Gasteiger partial charge on any atom is 0.166 e. The van der Waals surface area contributed by atoms with Crippen LogP contribution < -0.4 is 5.32 Å². The molecule has 1 fully saturated rings. The molecule has 0 amide bonds. The number of hydrogen-bond donors (Lipinski definition) is 1. The van der Waals surface area contributed by atoms with Crippen LogP contribution in [0.15, 0.2) is 0 Å². The van der Waals surface area contributed by atoms with E-state index in [2.05, 4.69) is 5.32 Å². The normalized spacial score (nSPS) is 21.0. The highest BCUT2D eigenvalue weighted by Crippen LogP contribution is 2.10. The zero-order chi connectivity index (χ0) is 9.19. The molecule has 4 nitrogen and oxygen atoms in total. The average Bonchev–Trinajstić information content (AvgIpc) is 1.95. The summed E-state index contributed by atoms with van der Waals surface area (Å²) in [5.74, 6) is 0.361. The van der Waals surface area contributed by atoms with Crippen molar-refractivity contribution in [2.24, 2.45) is 5.92 Å². The SMILES string of the molecule is CC(C#N)S(=O)(=O)CC1CNC1.